The lowest BCUT2D eigenvalue weighted by Gasteiger charge is -2.39. The molecule has 316 valence electrons. The Morgan fingerprint density at radius 2 is 1.84 bits per heavy atom. The largest absolute Gasteiger partial charge is 0.497 e. The summed E-state index contributed by atoms with van der Waals surface area (Å²) in [4.78, 5) is 63.5. The number of rotatable bonds is 7. The summed E-state index contributed by atoms with van der Waals surface area (Å²) in [5.74, 6) is -2.67. The van der Waals surface area contributed by atoms with Crippen molar-refractivity contribution in [3.05, 3.63) is 41.6 Å². The van der Waals surface area contributed by atoms with Gasteiger partial charge in [0.1, 0.15) is 28.9 Å². The monoisotopic (exact) mass is 823 g/mol. The van der Waals surface area contributed by atoms with Gasteiger partial charge in [-0.1, -0.05) is 38.8 Å². The lowest BCUT2D eigenvalue weighted by Crippen LogP contribution is -2.48. The number of carbonyl (C=O) groups excluding carboxylic acids is 4. The van der Waals surface area contributed by atoms with Gasteiger partial charge < -0.3 is 19.1 Å². The lowest BCUT2D eigenvalue weighted by atomic mass is 9.83. The summed E-state index contributed by atoms with van der Waals surface area (Å²) in [6.45, 7) is 10.6. The van der Waals surface area contributed by atoms with Crippen LogP contribution in [0.15, 0.2) is 30.4 Å². The molecule has 2 aliphatic carbocycles. The predicted molar refractivity (Wildman–Crippen MR) is 215 cm³/mol. The van der Waals surface area contributed by atoms with Gasteiger partial charge in [0.25, 0.3) is 0 Å². The fourth-order valence-corrected chi connectivity index (χ4v) is 10.5. The summed E-state index contributed by atoms with van der Waals surface area (Å²) in [7, 11) is -2.46. The van der Waals surface area contributed by atoms with E-state index in [1.807, 2.05) is 26.0 Å². The van der Waals surface area contributed by atoms with Gasteiger partial charge in [-0.2, -0.15) is 0 Å². The molecule has 3 aliphatic heterocycles. The number of pyridine rings is 1. The molecule has 12 nitrogen and oxygen atoms in total. The number of carbonyl (C=O) groups is 4. The van der Waals surface area contributed by atoms with Crippen molar-refractivity contribution in [3.63, 3.8) is 0 Å². The minimum absolute atomic E-state index is 0.0567. The van der Waals surface area contributed by atoms with Crippen LogP contribution in [0, 0.1) is 17.3 Å². The molecule has 2 saturated carbocycles. The molecular formula is C44H58FN3O9S. The second-order valence-corrected chi connectivity index (χ2v) is 21.2. The summed E-state index contributed by atoms with van der Waals surface area (Å²) in [6.07, 6.45) is 6.06. The minimum Gasteiger partial charge on any atom is -0.497 e. The molecule has 14 heteroatoms. The normalized spacial score (nSPS) is 30.3. The highest BCUT2D eigenvalue weighted by Gasteiger charge is 2.64. The molecule has 5 aliphatic rings. The summed E-state index contributed by atoms with van der Waals surface area (Å²) < 4.78 is 63.0. The van der Waals surface area contributed by atoms with Gasteiger partial charge in [-0.25, -0.2) is 17.8 Å². The number of ketones is 1. The molecule has 2 amide bonds. The number of esters is 1. The number of alkyl halides is 1. The van der Waals surface area contributed by atoms with Crippen LogP contribution in [0.3, 0.4) is 0 Å². The van der Waals surface area contributed by atoms with Crippen LogP contribution in [-0.2, 0) is 33.9 Å². The molecule has 1 saturated heterocycles. The van der Waals surface area contributed by atoms with Crippen LogP contribution in [0.4, 0.5) is 4.39 Å². The molecule has 3 fully saturated rings. The molecule has 1 aromatic carbocycles. The van der Waals surface area contributed by atoms with Crippen molar-refractivity contribution in [2.45, 2.75) is 153 Å². The minimum atomic E-state index is -4.00. The number of allylic oxidation sites excluding steroid dienone is 2. The highest BCUT2D eigenvalue weighted by Crippen LogP contribution is 2.58. The number of aromatic nitrogens is 1. The number of amides is 2. The summed E-state index contributed by atoms with van der Waals surface area (Å²) in [5.41, 5.74) is -1.97. The Bertz CT molecular complexity index is 2140. The van der Waals surface area contributed by atoms with Crippen LogP contribution in [0.2, 0.25) is 0 Å². The molecule has 0 radical (unpaired) electrons. The number of Topliss-reactive ketones (excluding diaryl/α,β-unsaturated/α-hetero) is 1. The molecule has 1 spiro atoms. The van der Waals surface area contributed by atoms with Crippen molar-refractivity contribution in [2.75, 3.05) is 13.7 Å². The van der Waals surface area contributed by atoms with Gasteiger partial charge in [0, 0.05) is 36.1 Å². The van der Waals surface area contributed by atoms with Gasteiger partial charge in [0.15, 0.2) is 5.78 Å². The van der Waals surface area contributed by atoms with Crippen LogP contribution in [0.25, 0.3) is 10.9 Å². The highest BCUT2D eigenvalue weighted by atomic mass is 32.2. The van der Waals surface area contributed by atoms with E-state index >= 15 is 4.39 Å². The second kappa shape index (κ2) is 15.2. The third kappa shape index (κ3) is 8.10. The standard InChI is InChI=1S/C44H58FN3O9S/c1-26(2)37-38-36(30-20-29(55-7)15-16-32(30)46-37)31(45)22-43(57-38)23-33-34(49)24-44(40(52)47-58(53,54)42(6)17-18-42)21-28(44)14-12-10-8-9-11-13-27(39(51)48(33)25-43)19-35(50)56-41(3,4)5/h12,14-16,20,26-28,31,33H,8-11,13,17-19,21-25H2,1-7H3,(H,47,52)/b14-12-/t27-,28-,31-,33+,43-,44-/m1/s1. The Balaban J connectivity index is 1.28. The fraction of sp³-hybridized carbons (Fsp3) is 0.659. The number of hydrogen-bond acceptors (Lipinski definition) is 10. The molecule has 0 bridgehead atoms. The predicted octanol–water partition coefficient (Wildman–Crippen LogP) is 7.33. The van der Waals surface area contributed by atoms with Gasteiger partial charge in [-0.05, 0) is 96.3 Å². The Labute approximate surface area is 341 Å². The topological polar surface area (TPSA) is 158 Å². The number of sulfonamides is 1. The Morgan fingerprint density at radius 1 is 1.10 bits per heavy atom. The van der Waals surface area contributed by atoms with Crippen molar-refractivity contribution in [1.29, 1.82) is 0 Å². The summed E-state index contributed by atoms with van der Waals surface area (Å²) >= 11 is 0. The first-order chi connectivity index (χ1) is 27.2. The summed E-state index contributed by atoms with van der Waals surface area (Å²) in [5, 5.41) is 0.550. The molecule has 1 N–H and O–H groups in total. The molecule has 2 aromatic rings. The average molecular weight is 824 g/mol. The number of hydrogen-bond donors (Lipinski definition) is 1. The van der Waals surface area contributed by atoms with Gasteiger partial charge in [0.2, 0.25) is 21.8 Å². The number of fused-ring (bicyclic) bond motifs is 5. The number of benzene rings is 1. The maximum atomic E-state index is 17.1. The summed E-state index contributed by atoms with van der Waals surface area (Å²) in [6, 6.07) is 4.16. The SMILES string of the molecule is COc1ccc2nc(C(C)C)c3c(c2c1)[C@H](F)C[C@]1(C[C@H]2C(=O)C[C@]4(C(=O)NS(=O)(=O)C5(C)CC5)C[C@H]4/C=C\CCCCC[C@H](CC(=O)OC(C)(C)C)C(=O)N2C1)O3. The zero-order chi connectivity index (χ0) is 42.0. The second-order valence-electron chi connectivity index (χ2n) is 19.0. The molecule has 1 aromatic heterocycles. The van der Waals surface area contributed by atoms with Gasteiger partial charge in [-0.15, -0.1) is 0 Å². The van der Waals surface area contributed by atoms with E-state index in [1.165, 1.54) is 12.0 Å². The van der Waals surface area contributed by atoms with E-state index in [4.69, 9.17) is 19.2 Å². The van der Waals surface area contributed by atoms with E-state index in [0.717, 1.165) is 12.8 Å². The fourth-order valence-electron chi connectivity index (χ4n) is 9.15. The van der Waals surface area contributed by atoms with Crippen LogP contribution in [-0.4, -0.2) is 77.5 Å². The average Bonchev–Trinajstić information content (AvgIpc) is 4.03. The molecule has 4 heterocycles. The molecular weight excluding hydrogens is 766 g/mol. The van der Waals surface area contributed by atoms with Crippen LogP contribution in [0.1, 0.15) is 142 Å². The Hall–Kier alpha value is -4.07. The van der Waals surface area contributed by atoms with E-state index in [0.29, 0.717) is 60.0 Å². The van der Waals surface area contributed by atoms with E-state index in [2.05, 4.69) is 4.72 Å². The Kier molecular flexibility index (Phi) is 11.0. The van der Waals surface area contributed by atoms with E-state index in [1.54, 1.807) is 45.9 Å². The van der Waals surface area contributed by atoms with Crippen molar-refractivity contribution in [2.24, 2.45) is 17.3 Å². The Morgan fingerprint density at radius 3 is 2.52 bits per heavy atom. The first kappa shape index (κ1) is 42.1. The maximum absolute atomic E-state index is 17.1. The van der Waals surface area contributed by atoms with E-state index in [9.17, 15) is 27.6 Å². The van der Waals surface area contributed by atoms with Crippen molar-refractivity contribution in [3.8, 4) is 11.5 Å². The quantitative estimate of drug-likeness (QED) is 0.221. The highest BCUT2D eigenvalue weighted by molar-refractivity contribution is 7.91. The smallest absolute Gasteiger partial charge is 0.307 e. The first-order valence-electron chi connectivity index (χ1n) is 20.8. The number of methoxy groups -OCH3 is 1. The van der Waals surface area contributed by atoms with E-state index < -0.39 is 73.1 Å². The first-order valence-corrected chi connectivity index (χ1v) is 22.3. The number of nitrogens with zero attached hydrogens (tertiary/aromatic N) is 2. The molecule has 0 unspecified atom stereocenters. The van der Waals surface area contributed by atoms with Gasteiger partial charge >= 0.3 is 5.97 Å². The van der Waals surface area contributed by atoms with Gasteiger partial charge in [-0.3, -0.25) is 23.9 Å². The van der Waals surface area contributed by atoms with E-state index in [-0.39, 0.29) is 56.2 Å². The number of ether oxygens (including phenoxy) is 3. The maximum Gasteiger partial charge on any atom is 0.307 e. The zero-order valence-electron chi connectivity index (χ0n) is 34.8. The van der Waals surface area contributed by atoms with Crippen molar-refractivity contribution in [1.82, 2.24) is 14.6 Å². The number of halogens is 1. The molecule has 6 atom stereocenters. The van der Waals surface area contributed by atoms with Crippen LogP contribution < -0.4 is 14.2 Å². The van der Waals surface area contributed by atoms with Crippen molar-refractivity contribution >= 4 is 44.5 Å². The van der Waals surface area contributed by atoms with Crippen LogP contribution in [0.5, 0.6) is 11.5 Å². The number of nitrogens with one attached hydrogen (secondary N) is 1. The molecule has 7 rings (SSSR count). The van der Waals surface area contributed by atoms with Crippen LogP contribution >= 0.6 is 0 Å². The van der Waals surface area contributed by atoms with Crippen molar-refractivity contribution < 1.29 is 46.2 Å². The zero-order valence-corrected chi connectivity index (χ0v) is 35.6. The van der Waals surface area contributed by atoms with Gasteiger partial charge in [0.05, 0.1) is 47.5 Å². The third-order valence-electron chi connectivity index (χ3n) is 12.9. The third-order valence-corrected chi connectivity index (χ3v) is 15.0. The molecule has 58 heavy (non-hydrogen) atoms. The lowest BCUT2D eigenvalue weighted by molar-refractivity contribution is -0.159.